The zero-order chi connectivity index (χ0) is 17.4. The van der Waals surface area contributed by atoms with Crippen molar-refractivity contribution in [3.8, 4) is 45.5 Å². The van der Waals surface area contributed by atoms with Gasteiger partial charge in [-0.05, 0) is 30.3 Å². The molecule has 2 aromatic carbocycles. The van der Waals surface area contributed by atoms with Crippen LogP contribution in [-0.4, -0.2) is 31.3 Å². The van der Waals surface area contributed by atoms with E-state index in [4.69, 9.17) is 24.7 Å². The van der Waals surface area contributed by atoms with Crippen molar-refractivity contribution >= 4 is 5.69 Å². The molecule has 0 saturated carbocycles. The lowest BCUT2D eigenvalue weighted by atomic mass is 10.0. The number of nitrogens with two attached hydrogens (primary N) is 1. The van der Waals surface area contributed by atoms with Crippen LogP contribution >= 0.6 is 0 Å². The predicted octanol–water partition coefficient (Wildman–Crippen LogP) is -1.11. The molecule has 0 amide bonds. The Bertz CT molecular complexity index is 945. The van der Waals surface area contributed by atoms with E-state index in [1.165, 1.54) is 0 Å². The van der Waals surface area contributed by atoms with Gasteiger partial charge in [0.1, 0.15) is 5.75 Å². The molecule has 0 spiro atoms. The summed E-state index contributed by atoms with van der Waals surface area (Å²) in [5, 5.41) is 10.2. The van der Waals surface area contributed by atoms with Gasteiger partial charge < -0.3 is 37.1 Å². The van der Waals surface area contributed by atoms with Gasteiger partial charge in [0.15, 0.2) is 11.5 Å². The zero-order valence-electron chi connectivity index (χ0n) is 14.1. The van der Waals surface area contributed by atoms with Crippen LogP contribution in [-0.2, 0) is 0 Å². The Hall–Kier alpha value is -3.13. The number of nitrogens with zero attached hydrogens (tertiary/aromatic N) is 1. The van der Waals surface area contributed by atoms with Crippen LogP contribution in [0, 0.1) is 0 Å². The number of nitrogen functional groups attached to an aromatic ring is 1. The standard InChI is InChI=1S/C17H16N4O4.ClH/c1-22-12-4-3-9(5-11(12)18)15-16(20-21-19-15)10-6-13(23-2)17-14(7-10)24-8-25-17;/h3-7H,8,18H2,1-2H3,(H,19,20,21);1H. The minimum Gasteiger partial charge on any atom is -1.00 e. The van der Waals surface area contributed by atoms with Gasteiger partial charge in [-0.25, -0.2) is 0 Å². The molecule has 4 N–H and O–H groups in total. The first-order chi connectivity index (χ1) is 12.2. The van der Waals surface area contributed by atoms with Crippen molar-refractivity contribution < 1.29 is 36.5 Å². The lowest BCUT2D eigenvalue weighted by molar-refractivity contribution is -0.443. The largest absolute Gasteiger partial charge is 1.00 e. The van der Waals surface area contributed by atoms with E-state index in [2.05, 4.69) is 15.4 Å². The number of benzene rings is 2. The van der Waals surface area contributed by atoms with Gasteiger partial charge in [0.05, 0.1) is 19.9 Å². The number of rotatable bonds is 4. The third-order valence-corrected chi connectivity index (χ3v) is 4.04. The Kier molecular flexibility index (Phi) is 4.77. The van der Waals surface area contributed by atoms with Crippen LogP contribution in [0.4, 0.5) is 5.69 Å². The molecule has 0 bridgehead atoms. The zero-order valence-corrected chi connectivity index (χ0v) is 14.9. The summed E-state index contributed by atoms with van der Waals surface area (Å²) in [7, 11) is 3.17. The Morgan fingerprint density at radius 2 is 1.88 bits per heavy atom. The van der Waals surface area contributed by atoms with Crippen LogP contribution in [0.25, 0.3) is 22.5 Å². The van der Waals surface area contributed by atoms with Crippen molar-refractivity contribution in [2.75, 3.05) is 26.7 Å². The number of halogens is 1. The maximum atomic E-state index is 6.02. The van der Waals surface area contributed by atoms with Crippen molar-refractivity contribution in [2.24, 2.45) is 0 Å². The van der Waals surface area contributed by atoms with Crippen molar-refractivity contribution in [2.45, 2.75) is 0 Å². The summed E-state index contributed by atoms with van der Waals surface area (Å²) < 4.78 is 21.5. The highest BCUT2D eigenvalue weighted by molar-refractivity contribution is 5.80. The first-order valence-electron chi connectivity index (χ1n) is 7.59. The van der Waals surface area contributed by atoms with Crippen molar-refractivity contribution in [1.29, 1.82) is 0 Å². The van der Waals surface area contributed by atoms with Gasteiger partial charge in [-0.2, -0.15) is 5.10 Å². The minimum atomic E-state index is 0. The molecule has 136 valence electrons. The van der Waals surface area contributed by atoms with Gasteiger partial charge >= 0.3 is 0 Å². The molecule has 2 heterocycles. The SMILES string of the molecule is COc1ccc(-c2n[nH][nH+]c2-c2cc(OC)c3c(c2)OCO3)cc1N.[Cl-]. The van der Waals surface area contributed by atoms with E-state index in [0.29, 0.717) is 28.7 Å². The van der Waals surface area contributed by atoms with Crippen molar-refractivity contribution in [3.63, 3.8) is 0 Å². The summed E-state index contributed by atoms with van der Waals surface area (Å²) in [6, 6.07) is 9.26. The fourth-order valence-corrected chi connectivity index (χ4v) is 2.83. The number of anilines is 1. The number of hydrogen-bond donors (Lipinski definition) is 2. The highest BCUT2D eigenvalue weighted by Crippen LogP contribution is 2.44. The Labute approximate surface area is 155 Å². The Balaban J connectivity index is 0.00000196. The molecule has 0 aliphatic carbocycles. The predicted molar refractivity (Wildman–Crippen MR) is 89.7 cm³/mol. The molecule has 0 atom stereocenters. The third kappa shape index (κ3) is 2.84. The minimum absolute atomic E-state index is 0. The van der Waals surface area contributed by atoms with Crippen LogP contribution in [0.15, 0.2) is 30.3 Å². The molecule has 0 saturated heterocycles. The van der Waals surface area contributed by atoms with E-state index in [9.17, 15) is 0 Å². The molecule has 26 heavy (non-hydrogen) atoms. The molecular weight excluding hydrogens is 360 g/mol. The fraction of sp³-hybridized carbons (Fsp3) is 0.176. The number of fused-ring (bicyclic) bond motifs is 1. The molecule has 0 unspecified atom stereocenters. The smallest absolute Gasteiger partial charge is 0.256 e. The van der Waals surface area contributed by atoms with E-state index >= 15 is 0 Å². The van der Waals surface area contributed by atoms with Gasteiger partial charge in [0.2, 0.25) is 18.2 Å². The van der Waals surface area contributed by atoms with E-state index in [1.54, 1.807) is 14.2 Å². The number of H-pyrrole nitrogens is 2. The number of hydrogen-bond acceptors (Lipinski definition) is 6. The molecule has 3 aromatic rings. The van der Waals surface area contributed by atoms with Crippen LogP contribution in [0.3, 0.4) is 0 Å². The number of aromatic amines is 2. The van der Waals surface area contributed by atoms with Crippen molar-refractivity contribution in [3.05, 3.63) is 30.3 Å². The maximum Gasteiger partial charge on any atom is 0.256 e. The average Bonchev–Trinajstić information content (AvgIpc) is 3.29. The molecule has 9 heteroatoms. The highest BCUT2D eigenvalue weighted by atomic mass is 35.5. The van der Waals surface area contributed by atoms with Gasteiger partial charge in [0.25, 0.3) is 5.69 Å². The van der Waals surface area contributed by atoms with Crippen molar-refractivity contribution in [1.82, 2.24) is 10.3 Å². The molecule has 1 aliphatic heterocycles. The van der Waals surface area contributed by atoms with E-state index in [0.717, 1.165) is 22.5 Å². The maximum absolute atomic E-state index is 6.02. The molecule has 1 aliphatic rings. The highest BCUT2D eigenvalue weighted by Gasteiger charge is 2.26. The first-order valence-corrected chi connectivity index (χ1v) is 7.59. The summed E-state index contributed by atoms with van der Waals surface area (Å²) in [6.07, 6.45) is 0. The monoisotopic (exact) mass is 376 g/mol. The van der Waals surface area contributed by atoms with Gasteiger partial charge in [0, 0.05) is 16.2 Å². The van der Waals surface area contributed by atoms with E-state index in [-0.39, 0.29) is 19.2 Å². The first kappa shape index (κ1) is 17.7. The number of aromatic nitrogens is 3. The lowest BCUT2D eigenvalue weighted by Gasteiger charge is -2.07. The molecule has 1 aromatic heterocycles. The van der Waals surface area contributed by atoms with E-state index in [1.807, 2.05) is 30.3 Å². The normalized spacial score (nSPS) is 11.8. The molecule has 0 fully saturated rings. The average molecular weight is 377 g/mol. The molecule has 0 radical (unpaired) electrons. The van der Waals surface area contributed by atoms with Crippen LogP contribution in [0.2, 0.25) is 0 Å². The summed E-state index contributed by atoms with van der Waals surface area (Å²) in [4.78, 5) is 0. The molecule has 4 rings (SSSR count). The fourth-order valence-electron chi connectivity index (χ4n) is 2.83. The third-order valence-electron chi connectivity index (χ3n) is 4.04. The number of ether oxygens (including phenoxy) is 4. The second-order valence-electron chi connectivity index (χ2n) is 5.44. The van der Waals surface area contributed by atoms with Crippen LogP contribution < -0.4 is 42.2 Å². The Morgan fingerprint density at radius 3 is 2.62 bits per heavy atom. The van der Waals surface area contributed by atoms with Gasteiger partial charge in [-0.3, -0.25) is 0 Å². The summed E-state index contributed by atoms with van der Waals surface area (Å²) in [5.74, 6) is 2.45. The molecule has 8 nitrogen and oxygen atoms in total. The quantitative estimate of drug-likeness (QED) is 0.559. The number of nitrogens with one attached hydrogen (secondary N) is 2. The topological polar surface area (TPSA) is 106 Å². The summed E-state index contributed by atoms with van der Waals surface area (Å²) in [5.41, 5.74) is 9.75. The summed E-state index contributed by atoms with van der Waals surface area (Å²) >= 11 is 0. The Morgan fingerprint density at radius 1 is 1.08 bits per heavy atom. The van der Waals surface area contributed by atoms with Gasteiger partial charge in [-0.1, -0.05) is 5.21 Å². The molecular formula is C17H17ClN4O4. The van der Waals surface area contributed by atoms with Gasteiger partial charge in [-0.15, -0.1) is 0 Å². The lowest BCUT2D eigenvalue weighted by Crippen LogP contribution is -3.00. The second-order valence-corrected chi connectivity index (χ2v) is 5.44. The van der Waals surface area contributed by atoms with Crippen LogP contribution in [0.5, 0.6) is 23.0 Å². The second kappa shape index (κ2) is 7.01. The van der Waals surface area contributed by atoms with E-state index < -0.39 is 0 Å². The number of methoxy groups -OCH3 is 2. The van der Waals surface area contributed by atoms with Crippen LogP contribution in [0.1, 0.15) is 0 Å². The summed E-state index contributed by atoms with van der Waals surface area (Å²) in [6.45, 7) is 0.173.